The molecule has 4 aromatic rings. The van der Waals surface area contributed by atoms with E-state index >= 15 is 0 Å². The first kappa shape index (κ1) is 23.1. The number of carbonyl (C=O) groups is 1. The highest BCUT2D eigenvalue weighted by molar-refractivity contribution is 7.99. The van der Waals surface area contributed by atoms with Crippen LogP contribution in [-0.4, -0.2) is 26.1 Å². The molecule has 3 N–H and O–H groups in total. The number of para-hydroxylation sites is 1. The molecule has 0 saturated carbocycles. The van der Waals surface area contributed by atoms with E-state index in [1.54, 1.807) is 55.0 Å². The molecule has 2 amide bonds. The number of phenols is 1. The number of aromatic nitrogens is 3. The highest BCUT2D eigenvalue weighted by Crippen LogP contribution is 2.35. The van der Waals surface area contributed by atoms with E-state index in [4.69, 9.17) is 4.74 Å². The van der Waals surface area contributed by atoms with Crippen LogP contribution < -0.4 is 15.4 Å². The Morgan fingerprint density at radius 2 is 1.82 bits per heavy atom. The molecule has 34 heavy (non-hydrogen) atoms. The predicted octanol–water partition coefficient (Wildman–Crippen LogP) is 5.40. The Labute approximate surface area is 201 Å². The summed E-state index contributed by atoms with van der Waals surface area (Å²) in [7, 11) is 0. The minimum absolute atomic E-state index is 0.115. The summed E-state index contributed by atoms with van der Waals surface area (Å²) >= 11 is 1.43. The fourth-order valence-electron chi connectivity index (χ4n) is 3.07. The average Bonchev–Trinajstić information content (AvgIpc) is 2.86. The molecule has 0 fully saturated rings. The lowest BCUT2D eigenvalue weighted by molar-refractivity contribution is 0.251. The number of hydrogen-bond acceptors (Lipinski definition) is 7. The number of hydrogen-bond donors (Lipinski definition) is 3. The van der Waals surface area contributed by atoms with E-state index in [1.807, 2.05) is 31.2 Å². The third-order valence-corrected chi connectivity index (χ3v) is 5.66. The summed E-state index contributed by atoms with van der Waals surface area (Å²) in [6, 6.07) is 17.4. The van der Waals surface area contributed by atoms with Crippen LogP contribution in [0.1, 0.15) is 18.2 Å². The van der Waals surface area contributed by atoms with Crippen LogP contribution >= 0.6 is 11.8 Å². The summed E-state index contributed by atoms with van der Waals surface area (Å²) < 4.78 is 6.15. The Bertz CT molecular complexity index is 1270. The number of carbonyl (C=O) groups excluding carboxylic acids is 1. The average molecular weight is 474 g/mol. The molecule has 4 rings (SSSR count). The van der Waals surface area contributed by atoms with Crippen LogP contribution in [0.5, 0.6) is 17.2 Å². The van der Waals surface area contributed by atoms with Gasteiger partial charge in [0.25, 0.3) is 0 Å². The standard InChI is InChI=1S/C25H23N5O3S/c1-2-19-21(10-7-13-26-19)33-22-14-18(34-23-11-5-6-12-27-23)16-28-24(22)30-25(32)29-15-17-8-3-4-9-20(17)31/h3-14,16,31H,2,15H2,1H3,(H2,28,29,30,32). The highest BCUT2D eigenvalue weighted by atomic mass is 32.2. The predicted molar refractivity (Wildman–Crippen MR) is 130 cm³/mol. The molecule has 0 bridgehead atoms. The van der Waals surface area contributed by atoms with Crippen molar-refractivity contribution in [1.82, 2.24) is 20.3 Å². The molecule has 8 nitrogen and oxygen atoms in total. The van der Waals surface area contributed by atoms with Gasteiger partial charge in [-0.3, -0.25) is 10.3 Å². The van der Waals surface area contributed by atoms with E-state index in [0.29, 0.717) is 23.5 Å². The Kier molecular flexibility index (Phi) is 7.56. The highest BCUT2D eigenvalue weighted by Gasteiger charge is 2.15. The fourth-order valence-corrected chi connectivity index (χ4v) is 3.84. The molecule has 0 unspecified atom stereocenters. The van der Waals surface area contributed by atoms with Gasteiger partial charge >= 0.3 is 6.03 Å². The first-order valence-corrected chi connectivity index (χ1v) is 11.5. The molecule has 172 valence electrons. The molecule has 0 aliphatic rings. The number of rotatable bonds is 8. The Morgan fingerprint density at radius 1 is 1.00 bits per heavy atom. The molecule has 3 aromatic heterocycles. The van der Waals surface area contributed by atoms with Gasteiger partial charge in [-0.05, 0) is 36.8 Å². The van der Waals surface area contributed by atoms with Crippen LogP contribution in [0.2, 0.25) is 0 Å². The zero-order valence-corrected chi connectivity index (χ0v) is 19.2. The van der Waals surface area contributed by atoms with Crippen molar-refractivity contribution in [2.24, 2.45) is 0 Å². The van der Waals surface area contributed by atoms with Crippen molar-refractivity contribution in [2.75, 3.05) is 5.32 Å². The lowest BCUT2D eigenvalue weighted by atomic mass is 10.2. The van der Waals surface area contributed by atoms with Gasteiger partial charge < -0.3 is 15.2 Å². The minimum Gasteiger partial charge on any atom is -0.508 e. The molecule has 0 saturated heterocycles. The molecule has 0 atom stereocenters. The van der Waals surface area contributed by atoms with Gasteiger partial charge in [0.15, 0.2) is 11.6 Å². The summed E-state index contributed by atoms with van der Waals surface area (Å²) in [4.78, 5) is 26.5. The summed E-state index contributed by atoms with van der Waals surface area (Å²) in [5.74, 6) is 1.33. The zero-order chi connectivity index (χ0) is 23.8. The second-order valence-electron chi connectivity index (χ2n) is 7.13. The van der Waals surface area contributed by atoms with Crippen molar-refractivity contribution in [1.29, 1.82) is 0 Å². The number of aryl methyl sites for hydroxylation is 1. The Morgan fingerprint density at radius 3 is 2.62 bits per heavy atom. The number of ether oxygens (including phenoxy) is 1. The first-order valence-electron chi connectivity index (χ1n) is 10.6. The van der Waals surface area contributed by atoms with Crippen LogP contribution in [-0.2, 0) is 13.0 Å². The number of amides is 2. The van der Waals surface area contributed by atoms with Gasteiger partial charge in [-0.2, -0.15) is 0 Å². The smallest absolute Gasteiger partial charge is 0.320 e. The molecular weight excluding hydrogens is 450 g/mol. The van der Waals surface area contributed by atoms with Gasteiger partial charge in [-0.1, -0.05) is 43.0 Å². The SMILES string of the molecule is CCc1ncccc1Oc1cc(Sc2ccccn2)cnc1NC(=O)NCc1ccccc1O. The number of phenolic OH excluding ortho intramolecular Hbond substituents is 1. The minimum atomic E-state index is -0.479. The number of urea groups is 1. The van der Waals surface area contributed by atoms with Gasteiger partial charge in [-0.15, -0.1) is 0 Å². The second kappa shape index (κ2) is 11.2. The van der Waals surface area contributed by atoms with Crippen molar-refractivity contribution in [3.05, 3.63) is 90.5 Å². The van der Waals surface area contributed by atoms with Gasteiger partial charge in [0.05, 0.1) is 5.69 Å². The van der Waals surface area contributed by atoms with Crippen LogP contribution in [0.25, 0.3) is 0 Å². The number of anilines is 1. The number of aromatic hydroxyl groups is 1. The van der Waals surface area contributed by atoms with Crippen LogP contribution in [0.15, 0.2) is 89.2 Å². The maximum absolute atomic E-state index is 12.6. The van der Waals surface area contributed by atoms with E-state index in [1.165, 1.54) is 11.8 Å². The zero-order valence-electron chi connectivity index (χ0n) is 18.4. The van der Waals surface area contributed by atoms with Gasteiger partial charge in [0.2, 0.25) is 0 Å². The van der Waals surface area contributed by atoms with Crippen LogP contribution in [0.3, 0.4) is 0 Å². The summed E-state index contributed by atoms with van der Waals surface area (Å²) in [5, 5.41) is 16.2. The normalized spacial score (nSPS) is 10.5. The molecular formula is C25H23N5O3S. The lowest BCUT2D eigenvalue weighted by Gasteiger charge is -2.15. The largest absolute Gasteiger partial charge is 0.508 e. The molecule has 0 aliphatic heterocycles. The fraction of sp³-hybridized carbons (Fsp3) is 0.120. The number of benzene rings is 1. The second-order valence-corrected chi connectivity index (χ2v) is 8.22. The van der Waals surface area contributed by atoms with E-state index in [9.17, 15) is 9.90 Å². The number of nitrogens with zero attached hydrogens (tertiary/aromatic N) is 3. The summed E-state index contributed by atoms with van der Waals surface area (Å²) in [6.07, 6.45) is 5.77. The van der Waals surface area contributed by atoms with E-state index in [2.05, 4.69) is 25.6 Å². The summed E-state index contributed by atoms with van der Waals surface area (Å²) in [5.41, 5.74) is 1.40. The van der Waals surface area contributed by atoms with Gasteiger partial charge in [0, 0.05) is 41.7 Å². The van der Waals surface area contributed by atoms with Crippen molar-refractivity contribution >= 4 is 23.6 Å². The Hall–Kier alpha value is -4.11. The van der Waals surface area contributed by atoms with E-state index in [0.717, 1.165) is 15.6 Å². The van der Waals surface area contributed by atoms with E-state index in [-0.39, 0.29) is 18.1 Å². The van der Waals surface area contributed by atoms with Gasteiger partial charge in [0.1, 0.15) is 16.5 Å². The van der Waals surface area contributed by atoms with Crippen molar-refractivity contribution in [3.63, 3.8) is 0 Å². The maximum Gasteiger partial charge on any atom is 0.320 e. The van der Waals surface area contributed by atoms with Crippen molar-refractivity contribution < 1.29 is 14.6 Å². The molecule has 1 aromatic carbocycles. The lowest BCUT2D eigenvalue weighted by Crippen LogP contribution is -2.28. The molecule has 0 aliphatic carbocycles. The van der Waals surface area contributed by atoms with Crippen LogP contribution in [0.4, 0.5) is 10.6 Å². The maximum atomic E-state index is 12.6. The molecule has 9 heteroatoms. The molecule has 0 spiro atoms. The van der Waals surface area contributed by atoms with Crippen LogP contribution in [0, 0.1) is 0 Å². The van der Waals surface area contributed by atoms with Gasteiger partial charge in [-0.25, -0.2) is 14.8 Å². The third kappa shape index (κ3) is 6.02. The molecule has 0 radical (unpaired) electrons. The topological polar surface area (TPSA) is 109 Å². The third-order valence-electron chi connectivity index (χ3n) is 4.75. The van der Waals surface area contributed by atoms with Crippen molar-refractivity contribution in [2.45, 2.75) is 29.8 Å². The van der Waals surface area contributed by atoms with Crippen molar-refractivity contribution in [3.8, 4) is 17.2 Å². The van der Waals surface area contributed by atoms with E-state index < -0.39 is 6.03 Å². The Balaban J connectivity index is 1.55. The first-order chi connectivity index (χ1) is 16.6. The quantitative estimate of drug-likeness (QED) is 0.314. The summed E-state index contributed by atoms with van der Waals surface area (Å²) in [6.45, 7) is 2.15. The molecule has 3 heterocycles. The number of pyridine rings is 3. The monoisotopic (exact) mass is 473 g/mol. The number of nitrogens with one attached hydrogen (secondary N) is 2.